The number of aromatic amines is 1. The Labute approximate surface area is 205 Å². The zero-order valence-electron chi connectivity index (χ0n) is 19.9. The van der Waals surface area contributed by atoms with Crippen molar-refractivity contribution in [2.24, 2.45) is 0 Å². The van der Waals surface area contributed by atoms with E-state index in [4.69, 9.17) is 0 Å². The van der Waals surface area contributed by atoms with E-state index in [1.165, 1.54) is 12.1 Å². The number of rotatable bonds is 10. The number of carbonyl (C=O) groups excluding carboxylic acids is 2. The summed E-state index contributed by atoms with van der Waals surface area (Å²) >= 11 is 0. The molecule has 35 heavy (non-hydrogen) atoms. The zero-order valence-corrected chi connectivity index (χ0v) is 19.9. The predicted molar refractivity (Wildman–Crippen MR) is 136 cm³/mol. The summed E-state index contributed by atoms with van der Waals surface area (Å²) in [5.74, 6) is -0.598. The third kappa shape index (κ3) is 6.15. The number of hydrogen-bond donors (Lipinski definition) is 1. The molecule has 0 aliphatic rings. The molecule has 0 saturated heterocycles. The first-order valence-corrected chi connectivity index (χ1v) is 12.0. The monoisotopic (exact) mass is 471 g/mol. The van der Waals surface area contributed by atoms with Gasteiger partial charge in [0.05, 0.1) is 0 Å². The van der Waals surface area contributed by atoms with Gasteiger partial charge in [0.15, 0.2) is 0 Å². The number of amides is 2. The lowest BCUT2D eigenvalue weighted by Gasteiger charge is -2.28. The van der Waals surface area contributed by atoms with Crippen LogP contribution in [0.25, 0.3) is 10.9 Å². The molecule has 4 rings (SSSR count). The van der Waals surface area contributed by atoms with Gasteiger partial charge in [0.25, 0.3) is 5.91 Å². The number of benzene rings is 3. The van der Waals surface area contributed by atoms with E-state index in [-0.39, 0.29) is 24.2 Å². The van der Waals surface area contributed by atoms with E-state index in [9.17, 15) is 14.0 Å². The minimum atomic E-state index is -0.312. The lowest BCUT2D eigenvalue weighted by molar-refractivity contribution is -0.132. The predicted octanol–water partition coefficient (Wildman–Crippen LogP) is 5.43. The Balaban J connectivity index is 1.53. The van der Waals surface area contributed by atoms with Crippen molar-refractivity contribution in [3.05, 3.63) is 108 Å². The summed E-state index contributed by atoms with van der Waals surface area (Å²) in [5.41, 5.74) is 3.59. The lowest BCUT2D eigenvalue weighted by atomic mass is 10.1. The zero-order chi connectivity index (χ0) is 24.6. The van der Waals surface area contributed by atoms with Crippen LogP contribution >= 0.6 is 0 Å². The molecule has 3 aromatic carbocycles. The molecule has 0 bridgehead atoms. The van der Waals surface area contributed by atoms with Gasteiger partial charge in [-0.15, -0.1) is 0 Å². The Bertz CT molecular complexity index is 1270. The van der Waals surface area contributed by atoms with Crippen LogP contribution in [0, 0.1) is 5.82 Å². The van der Waals surface area contributed by atoms with Crippen molar-refractivity contribution in [1.29, 1.82) is 0 Å². The summed E-state index contributed by atoms with van der Waals surface area (Å²) in [4.78, 5) is 33.3. The van der Waals surface area contributed by atoms with E-state index in [0.717, 1.165) is 28.5 Å². The molecule has 2 amide bonds. The van der Waals surface area contributed by atoms with Crippen molar-refractivity contribution in [3.63, 3.8) is 0 Å². The Hall–Kier alpha value is -3.93. The highest BCUT2D eigenvalue weighted by Gasteiger charge is 2.22. The fourth-order valence-corrected chi connectivity index (χ4v) is 4.24. The number of nitrogens with zero attached hydrogens (tertiary/aromatic N) is 2. The quantitative estimate of drug-likeness (QED) is 0.335. The van der Waals surface area contributed by atoms with E-state index >= 15 is 0 Å². The van der Waals surface area contributed by atoms with Crippen LogP contribution in [0.15, 0.2) is 85.1 Å². The average Bonchev–Trinajstić information content (AvgIpc) is 3.30. The average molecular weight is 472 g/mol. The third-order valence-corrected chi connectivity index (χ3v) is 6.09. The molecule has 0 radical (unpaired) electrons. The van der Waals surface area contributed by atoms with Gasteiger partial charge in [0.1, 0.15) is 12.4 Å². The van der Waals surface area contributed by atoms with E-state index < -0.39 is 0 Å². The molecule has 0 atom stereocenters. The Kier molecular flexibility index (Phi) is 7.93. The number of carbonyl (C=O) groups is 2. The lowest BCUT2D eigenvalue weighted by Crippen LogP contribution is -2.43. The van der Waals surface area contributed by atoms with Crippen molar-refractivity contribution >= 4 is 22.7 Å². The molecule has 0 spiro atoms. The first-order chi connectivity index (χ1) is 17.0. The van der Waals surface area contributed by atoms with Crippen LogP contribution in [0.2, 0.25) is 0 Å². The molecule has 0 saturated carbocycles. The number of halogens is 1. The van der Waals surface area contributed by atoms with Gasteiger partial charge in [-0.2, -0.15) is 0 Å². The number of hydrogen-bond acceptors (Lipinski definition) is 2. The summed E-state index contributed by atoms with van der Waals surface area (Å²) < 4.78 is 13.4. The maximum absolute atomic E-state index is 13.5. The second-order valence-electron chi connectivity index (χ2n) is 8.64. The normalized spacial score (nSPS) is 10.9. The molecule has 0 fully saturated rings. The molecule has 0 aliphatic heterocycles. The van der Waals surface area contributed by atoms with Crippen molar-refractivity contribution in [2.45, 2.75) is 26.3 Å². The van der Waals surface area contributed by atoms with Gasteiger partial charge >= 0.3 is 0 Å². The second kappa shape index (κ2) is 11.5. The SMILES string of the molecule is CCCN(CC(=O)N(CCc1c[nH]c2ccccc12)Cc1ccc(F)cc1)C(=O)c1ccccc1. The molecule has 0 aliphatic carbocycles. The fraction of sp³-hybridized carbons (Fsp3) is 0.241. The Morgan fingerprint density at radius 2 is 1.57 bits per heavy atom. The summed E-state index contributed by atoms with van der Waals surface area (Å²) in [5, 5.41) is 1.13. The maximum atomic E-state index is 13.5. The molecule has 5 nitrogen and oxygen atoms in total. The molecule has 4 aromatic rings. The van der Waals surface area contributed by atoms with Crippen molar-refractivity contribution in [2.75, 3.05) is 19.6 Å². The van der Waals surface area contributed by atoms with Crippen LogP contribution in [-0.2, 0) is 17.8 Å². The van der Waals surface area contributed by atoms with Gasteiger partial charge in [-0.05, 0) is 54.3 Å². The van der Waals surface area contributed by atoms with Crippen molar-refractivity contribution in [1.82, 2.24) is 14.8 Å². The Morgan fingerprint density at radius 1 is 0.857 bits per heavy atom. The van der Waals surface area contributed by atoms with Crippen molar-refractivity contribution < 1.29 is 14.0 Å². The van der Waals surface area contributed by atoms with Gasteiger partial charge in [-0.25, -0.2) is 4.39 Å². The van der Waals surface area contributed by atoms with Gasteiger partial charge in [0.2, 0.25) is 5.91 Å². The fourth-order valence-electron chi connectivity index (χ4n) is 4.24. The summed E-state index contributed by atoms with van der Waals surface area (Å²) in [6.07, 6.45) is 3.39. The largest absolute Gasteiger partial charge is 0.361 e. The summed E-state index contributed by atoms with van der Waals surface area (Å²) in [6, 6.07) is 23.3. The minimum absolute atomic E-state index is 0.00333. The van der Waals surface area contributed by atoms with Crippen LogP contribution in [0.3, 0.4) is 0 Å². The molecule has 1 aromatic heterocycles. The second-order valence-corrected chi connectivity index (χ2v) is 8.64. The molecular formula is C29H30FN3O2. The van der Waals surface area contributed by atoms with E-state index in [1.807, 2.05) is 49.5 Å². The molecule has 0 unspecified atom stereocenters. The van der Waals surface area contributed by atoms with Crippen LogP contribution < -0.4 is 0 Å². The van der Waals surface area contributed by atoms with Gasteiger partial charge in [-0.3, -0.25) is 9.59 Å². The standard InChI is InChI=1S/C29H30FN3O2/c1-2-17-33(29(35)23-8-4-3-5-9-23)21-28(34)32(20-22-12-14-25(30)15-13-22)18-16-24-19-31-27-11-7-6-10-26(24)27/h3-15,19,31H,2,16-18,20-21H2,1H3. The highest BCUT2D eigenvalue weighted by Crippen LogP contribution is 2.19. The van der Waals surface area contributed by atoms with Gasteiger partial charge < -0.3 is 14.8 Å². The summed E-state index contributed by atoms with van der Waals surface area (Å²) in [6.45, 7) is 3.31. The first-order valence-electron chi connectivity index (χ1n) is 12.0. The number of H-pyrrole nitrogens is 1. The van der Waals surface area contributed by atoms with Gasteiger partial charge in [0, 0.05) is 42.3 Å². The first kappa shape index (κ1) is 24.2. The maximum Gasteiger partial charge on any atom is 0.254 e. The van der Waals surface area contributed by atoms with Crippen LogP contribution in [0.1, 0.15) is 34.8 Å². The Morgan fingerprint density at radius 3 is 2.31 bits per heavy atom. The smallest absolute Gasteiger partial charge is 0.254 e. The van der Waals surface area contributed by atoms with Crippen LogP contribution in [0.4, 0.5) is 4.39 Å². The highest BCUT2D eigenvalue weighted by atomic mass is 19.1. The van der Waals surface area contributed by atoms with Gasteiger partial charge in [-0.1, -0.05) is 55.5 Å². The molecule has 1 heterocycles. The van der Waals surface area contributed by atoms with E-state index in [2.05, 4.69) is 11.1 Å². The van der Waals surface area contributed by atoms with E-state index in [1.54, 1.807) is 34.1 Å². The van der Waals surface area contributed by atoms with E-state index in [0.29, 0.717) is 31.6 Å². The number of fused-ring (bicyclic) bond motifs is 1. The molecule has 6 heteroatoms. The number of para-hydroxylation sites is 1. The molecular weight excluding hydrogens is 441 g/mol. The molecule has 1 N–H and O–H groups in total. The number of aromatic nitrogens is 1. The third-order valence-electron chi connectivity index (χ3n) is 6.09. The topological polar surface area (TPSA) is 56.4 Å². The minimum Gasteiger partial charge on any atom is -0.361 e. The molecule has 180 valence electrons. The summed E-state index contributed by atoms with van der Waals surface area (Å²) in [7, 11) is 0. The van der Waals surface area contributed by atoms with Crippen LogP contribution in [0.5, 0.6) is 0 Å². The van der Waals surface area contributed by atoms with Crippen molar-refractivity contribution in [3.8, 4) is 0 Å². The van der Waals surface area contributed by atoms with Crippen LogP contribution in [-0.4, -0.2) is 46.2 Å². The highest BCUT2D eigenvalue weighted by molar-refractivity contribution is 5.96. The number of nitrogens with one attached hydrogen (secondary N) is 1.